The van der Waals surface area contributed by atoms with E-state index in [1.807, 2.05) is 0 Å². The van der Waals surface area contributed by atoms with E-state index < -0.39 is 64.6 Å². The number of ether oxygens (including phenoxy) is 1. The van der Waals surface area contributed by atoms with Crippen LogP contribution in [0.5, 0.6) is 23.0 Å². The average molecular weight is 539 g/mol. The third-order valence-electron chi connectivity index (χ3n) is 6.59. The van der Waals surface area contributed by atoms with Gasteiger partial charge in [-0.25, -0.2) is 9.59 Å². The highest BCUT2D eigenvalue weighted by Crippen LogP contribution is 2.42. The Morgan fingerprint density at radius 3 is 2.23 bits per heavy atom. The molecular formula is C29H30O10. The van der Waals surface area contributed by atoms with Crippen LogP contribution in [0.25, 0.3) is 0 Å². The lowest BCUT2D eigenvalue weighted by Gasteiger charge is -2.32. The molecular weight excluding hydrogens is 508 g/mol. The van der Waals surface area contributed by atoms with Crippen LogP contribution in [0.4, 0.5) is 0 Å². The summed E-state index contributed by atoms with van der Waals surface area (Å²) in [7, 11) is 0. The van der Waals surface area contributed by atoms with Crippen molar-refractivity contribution in [2.24, 2.45) is 11.8 Å². The van der Waals surface area contributed by atoms with Gasteiger partial charge >= 0.3 is 11.9 Å². The molecule has 10 nitrogen and oxygen atoms in total. The molecule has 7 N–H and O–H groups in total. The van der Waals surface area contributed by atoms with E-state index in [2.05, 4.69) is 6.58 Å². The topological polar surface area (TPSA) is 185 Å². The van der Waals surface area contributed by atoms with Crippen LogP contribution in [0, 0.1) is 11.8 Å². The van der Waals surface area contributed by atoms with Crippen LogP contribution in [0.2, 0.25) is 0 Å². The van der Waals surface area contributed by atoms with Crippen molar-refractivity contribution in [3.05, 3.63) is 95.5 Å². The number of carboxylic acids is 1. The van der Waals surface area contributed by atoms with Crippen LogP contribution in [-0.2, 0) is 20.7 Å². The monoisotopic (exact) mass is 538 g/mol. The van der Waals surface area contributed by atoms with Gasteiger partial charge in [-0.3, -0.25) is 0 Å². The molecule has 0 fully saturated rings. The van der Waals surface area contributed by atoms with Gasteiger partial charge in [0, 0.05) is 23.8 Å². The van der Waals surface area contributed by atoms with Crippen LogP contribution in [0.15, 0.2) is 84.4 Å². The van der Waals surface area contributed by atoms with Gasteiger partial charge in [-0.2, -0.15) is 0 Å². The molecule has 4 atom stereocenters. The summed E-state index contributed by atoms with van der Waals surface area (Å²) in [5.41, 5.74) is 0.650. The molecule has 1 aliphatic rings. The van der Waals surface area contributed by atoms with E-state index in [0.717, 1.165) is 6.07 Å². The number of benzene rings is 2. The van der Waals surface area contributed by atoms with Crippen molar-refractivity contribution in [1.29, 1.82) is 0 Å². The Bertz CT molecular complexity index is 1350. The number of esters is 1. The number of hydrogen-bond donors (Lipinski definition) is 7. The molecule has 0 heterocycles. The first kappa shape index (κ1) is 28.7. The predicted octanol–water partition coefficient (Wildman–Crippen LogP) is 4.48. The Hall–Kier alpha value is -4.86. The molecule has 10 heteroatoms. The molecule has 4 unspecified atom stereocenters. The minimum atomic E-state index is -1.66. The first-order valence-corrected chi connectivity index (χ1v) is 12.0. The number of rotatable bonds is 7. The summed E-state index contributed by atoms with van der Waals surface area (Å²) in [6.07, 6.45) is 3.75. The summed E-state index contributed by atoms with van der Waals surface area (Å²) in [5, 5.41) is 70.1. The van der Waals surface area contributed by atoms with Gasteiger partial charge in [-0.1, -0.05) is 37.3 Å². The quantitative estimate of drug-likeness (QED) is 0.151. The molecule has 1 aliphatic carbocycles. The van der Waals surface area contributed by atoms with Gasteiger partial charge in [0.05, 0.1) is 0 Å². The Morgan fingerprint density at radius 2 is 1.64 bits per heavy atom. The normalized spacial score (nSPS) is 24.5. The first-order chi connectivity index (χ1) is 18.4. The van der Waals surface area contributed by atoms with E-state index in [4.69, 9.17) is 4.74 Å². The highest BCUT2D eigenvalue weighted by molar-refractivity contribution is 5.92. The molecule has 2 aromatic carbocycles. The van der Waals surface area contributed by atoms with Gasteiger partial charge in [0.25, 0.3) is 0 Å². The number of carboxylic acid groups (broad SMARTS) is 1. The number of carbonyl (C=O) groups excluding carboxylic acids is 1. The highest BCUT2D eigenvalue weighted by atomic mass is 16.6. The minimum Gasteiger partial charge on any atom is -0.508 e. The molecule has 0 radical (unpaired) electrons. The average Bonchev–Trinajstić information content (AvgIpc) is 2.88. The van der Waals surface area contributed by atoms with Crippen molar-refractivity contribution in [2.45, 2.75) is 31.8 Å². The Kier molecular flexibility index (Phi) is 8.92. The zero-order valence-corrected chi connectivity index (χ0v) is 21.1. The standard InChI is InChI=1S/C29H30O10/c1-3-18-15(2)26(17-9-11-21(31)24(34)14-17)19(6-4-5-7-22(32)27(18)35)29(38)39-25(28(36)37)13-16-8-10-20(30)23(33)12-16/h3,5-12,14-15,18,25-26,30-35H,1,4,13H2,2H3,(H,36,37)/b7-5-,19-6+,27-22-. The second kappa shape index (κ2) is 12.1. The number of phenolic OH excluding ortho intramolecular Hbond substituents is 4. The summed E-state index contributed by atoms with van der Waals surface area (Å²) < 4.78 is 5.43. The summed E-state index contributed by atoms with van der Waals surface area (Å²) in [4.78, 5) is 25.6. The van der Waals surface area contributed by atoms with Gasteiger partial charge in [0.15, 0.2) is 28.8 Å². The van der Waals surface area contributed by atoms with Gasteiger partial charge in [-0.15, -0.1) is 6.58 Å². The van der Waals surface area contributed by atoms with Crippen molar-refractivity contribution in [1.82, 2.24) is 0 Å². The lowest BCUT2D eigenvalue weighted by atomic mass is 9.73. The molecule has 0 saturated carbocycles. The Morgan fingerprint density at radius 1 is 1.00 bits per heavy atom. The predicted molar refractivity (Wildman–Crippen MR) is 140 cm³/mol. The SMILES string of the molecule is C=CC1/C(O)=C(O)\C=C/C/C=C(/C(=O)OC(Cc2ccc(O)c(O)c2)C(=O)O)C(c2ccc(O)c(O)c2)C1C. The fourth-order valence-electron chi connectivity index (χ4n) is 4.54. The molecule has 0 bridgehead atoms. The fraction of sp³-hybridized carbons (Fsp3) is 0.241. The molecule has 39 heavy (non-hydrogen) atoms. The van der Waals surface area contributed by atoms with E-state index in [9.17, 15) is 45.3 Å². The van der Waals surface area contributed by atoms with Gasteiger partial charge in [-0.05, 0) is 53.8 Å². The maximum absolute atomic E-state index is 13.6. The van der Waals surface area contributed by atoms with Gasteiger partial charge < -0.3 is 40.5 Å². The van der Waals surface area contributed by atoms with Crippen LogP contribution in [0.1, 0.15) is 30.4 Å². The maximum Gasteiger partial charge on any atom is 0.345 e. The summed E-state index contributed by atoms with van der Waals surface area (Å²) in [6, 6.07) is 7.66. The van der Waals surface area contributed by atoms with Gasteiger partial charge in [0.1, 0.15) is 5.76 Å². The molecule has 0 saturated heterocycles. The number of aliphatic hydroxyl groups excluding tert-OH is 2. The van der Waals surface area contributed by atoms with E-state index in [0.29, 0.717) is 11.1 Å². The third-order valence-corrected chi connectivity index (χ3v) is 6.59. The molecule has 0 aromatic heterocycles. The highest BCUT2D eigenvalue weighted by Gasteiger charge is 2.37. The van der Waals surface area contributed by atoms with E-state index in [-0.39, 0.29) is 24.2 Å². The summed E-state index contributed by atoms with van der Waals surface area (Å²) in [5.74, 6) is -7.40. The van der Waals surface area contributed by atoms with E-state index >= 15 is 0 Å². The summed E-state index contributed by atoms with van der Waals surface area (Å²) >= 11 is 0. The number of aliphatic hydroxyl groups is 2. The van der Waals surface area contributed by atoms with Crippen LogP contribution >= 0.6 is 0 Å². The van der Waals surface area contributed by atoms with E-state index in [1.165, 1.54) is 54.6 Å². The van der Waals surface area contributed by atoms with Crippen molar-refractivity contribution in [3.63, 3.8) is 0 Å². The van der Waals surface area contributed by atoms with Crippen LogP contribution in [-0.4, -0.2) is 53.8 Å². The van der Waals surface area contributed by atoms with E-state index in [1.54, 1.807) is 6.92 Å². The molecule has 3 rings (SSSR count). The third kappa shape index (κ3) is 6.53. The number of aromatic hydroxyl groups is 4. The van der Waals surface area contributed by atoms with Crippen LogP contribution < -0.4 is 0 Å². The lowest BCUT2D eigenvalue weighted by Crippen LogP contribution is -2.32. The number of aliphatic carboxylic acids is 1. The molecule has 0 amide bonds. The number of carbonyl (C=O) groups is 2. The second-order valence-electron chi connectivity index (χ2n) is 9.17. The zero-order valence-electron chi connectivity index (χ0n) is 21.1. The lowest BCUT2D eigenvalue weighted by molar-refractivity contribution is -0.161. The largest absolute Gasteiger partial charge is 0.508 e. The zero-order chi connectivity index (χ0) is 28.9. The Labute approximate surface area is 224 Å². The van der Waals surface area contributed by atoms with Crippen molar-refractivity contribution in [3.8, 4) is 23.0 Å². The first-order valence-electron chi connectivity index (χ1n) is 12.0. The Balaban J connectivity index is 2.07. The van der Waals surface area contributed by atoms with Crippen molar-refractivity contribution < 1.29 is 50.1 Å². The minimum absolute atomic E-state index is 0.0121. The smallest absolute Gasteiger partial charge is 0.345 e. The maximum atomic E-state index is 13.6. The molecule has 0 spiro atoms. The number of allylic oxidation sites excluding steroid dienone is 4. The number of phenols is 4. The molecule has 2 aromatic rings. The summed E-state index contributed by atoms with van der Waals surface area (Å²) in [6.45, 7) is 5.41. The van der Waals surface area contributed by atoms with Crippen molar-refractivity contribution >= 4 is 11.9 Å². The van der Waals surface area contributed by atoms with Gasteiger partial charge in [0.2, 0.25) is 6.10 Å². The molecule has 0 aliphatic heterocycles. The van der Waals surface area contributed by atoms with Crippen LogP contribution in [0.3, 0.4) is 0 Å². The molecule has 206 valence electrons. The second-order valence-corrected chi connectivity index (χ2v) is 9.17. The fourth-order valence-corrected chi connectivity index (χ4v) is 4.54. The van der Waals surface area contributed by atoms with Crippen molar-refractivity contribution in [2.75, 3.05) is 0 Å². The number of hydrogen-bond acceptors (Lipinski definition) is 9.